The first-order valence-corrected chi connectivity index (χ1v) is 6.87. The average molecular weight is 234 g/mol. The van der Waals surface area contributed by atoms with Crippen LogP contribution in [0.25, 0.3) is 5.57 Å². The molecule has 0 saturated heterocycles. The summed E-state index contributed by atoms with van der Waals surface area (Å²) in [5.74, 6) is 0.305. The van der Waals surface area contributed by atoms with Gasteiger partial charge in [-0.05, 0) is 29.7 Å². The summed E-state index contributed by atoms with van der Waals surface area (Å²) < 4.78 is 11.4. The Kier molecular flexibility index (Phi) is 3.34. The van der Waals surface area contributed by atoms with Gasteiger partial charge in [-0.3, -0.25) is 9.00 Å². The molecular weight excluding hydrogens is 220 g/mol. The lowest BCUT2D eigenvalue weighted by Crippen LogP contribution is -2.03. The summed E-state index contributed by atoms with van der Waals surface area (Å²) in [4.78, 5) is 12.0. The fourth-order valence-electron chi connectivity index (χ4n) is 1.85. The molecule has 1 unspecified atom stereocenters. The standard InChI is InChI=1S/C13H14O2S/c1-16(15)13-4-2-3-11(9-13)10-5-7-12(14)8-6-10/h2-5,9H,6-8H2,1H3. The van der Waals surface area contributed by atoms with E-state index in [2.05, 4.69) is 0 Å². The molecule has 0 N–H and O–H groups in total. The molecule has 0 fully saturated rings. The van der Waals surface area contributed by atoms with Crippen molar-refractivity contribution >= 4 is 22.2 Å². The third-order valence-electron chi connectivity index (χ3n) is 2.79. The van der Waals surface area contributed by atoms with Crippen molar-refractivity contribution < 1.29 is 9.00 Å². The number of Topliss-reactive ketones (excluding diaryl/α,β-unsaturated/α-hetero) is 1. The summed E-state index contributed by atoms with van der Waals surface area (Å²) in [6, 6.07) is 7.76. The van der Waals surface area contributed by atoms with Crippen molar-refractivity contribution in [2.24, 2.45) is 0 Å². The van der Waals surface area contributed by atoms with Gasteiger partial charge in [-0.15, -0.1) is 0 Å². The molecule has 0 spiro atoms. The largest absolute Gasteiger partial charge is 0.299 e. The molecule has 0 aromatic heterocycles. The van der Waals surface area contributed by atoms with Crippen LogP contribution in [0.15, 0.2) is 35.2 Å². The summed E-state index contributed by atoms with van der Waals surface area (Å²) in [7, 11) is -0.945. The maximum atomic E-state index is 11.4. The Morgan fingerprint density at radius 1 is 1.25 bits per heavy atom. The second kappa shape index (κ2) is 4.74. The maximum Gasteiger partial charge on any atom is 0.137 e. The Labute approximate surface area is 97.8 Å². The van der Waals surface area contributed by atoms with Gasteiger partial charge in [0.05, 0.1) is 0 Å². The zero-order chi connectivity index (χ0) is 11.5. The normalized spacial score (nSPS) is 18.1. The lowest BCUT2D eigenvalue weighted by Gasteiger charge is -2.12. The summed E-state index contributed by atoms with van der Waals surface area (Å²) in [5.41, 5.74) is 2.30. The fraction of sp³-hybridized carbons (Fsp3) is 0.308. The van der Waals surface area contributed by atoms with Gasteiger partial charge >= 0.3 is 0 Å². The van der Waals surface area contributed by atoms with Gasteiger partial charge in [0.1, 0.15) is 5.78 Å². The van der Waals surface area contributed by atoms with E-state index in [1.165, 1.54) is 5.57 Å². The molecule has 1 aliphatic rings. The molecule has 1 aliphatic carbocycles. The van der Waals surface area contributed by atoms with Crippen LogP contribution in [0.4, 0.5) is 0 Å². The minimum atomic E-state index is -0.945. The van der Waals surface area contributed by atoms with Gasteiger partial charge < -0.3 is 0 Å². The highest BCUT2D eigenvalue weighted by atomic mass is 32.2. The van der Waals surface area contributed by atoms with Crippen LogP contribution in [-0.4, -0.2) is 16.2 Å². The number of benzene rings is 1. The molecule has 0 saturated carbocycles. The molecule has 0 aliphatic heterocycles. The second-order valence-electron chi connectivity index (χ2n) is 3.95. The number of carbonyl (C=O) groups is 1. The molecule has 1 aromatic rings. The van der Waals surface area contributed by atoms with E-state index in [4.69, 9.17) is 0 Å². The topological polar surface area (TPSA) is 34.1 Å². The Hall–Kier alpha value is -1.22. The maximum absolute atomic E-state index is 11.4. The van der Waals surface area contributed by atoms with Crippen LogP contribution < -0.4 is 0 Å². The van der Waals surface area contributed by atoms with Crippen LogP contribution in [0.1, 0.15) is 24.8 Å². The molecule has 0 bridgehead atoms. The number of hydrogen-bond donors (Lipinski definition) is 0. The molecule has 0 amide bonds. The Morgan fingerprint density at radius 3 is 2.69 bits per heavy atom. The van der Waals surface area contributed by atoms with Gasteiger partial charge in [0.2, 0.25) is 0 Å². The summed E-state index contributed by atoms with van der Waals surface area (Å²) >= 11 is 0. The smallest absolute Gasteiger partial charge is 0.137 e. The van der Waals surface area contributed by atoms with Crippen LogP contribution in [0.3, 0.4) is 0 Å². The van der Waals surface area contributed by atoms with Gasteiger partial charge in [-0.25, -0.2) is 0 Å². The molecule has 3 heteroatoms. The highest BCUT2D eigenvalue weighted by Crippen LogP contribution is 2.26. The van der Waals surface area contributed by atoms with E-state index in [-0.39, 0.29) is 0 Å². The molecule has 0 radical (unpaired) electrons. The molecule has 1 aromatic carbocycles. The van der Waals surface area contributed by atoms with Crippen molar-refractivity contribution in [3.05, 3.63) is 35.9 Å². The van der Waals surface area contributed by atoms with Gasteiger partial charge in [0, 0.05) is 34.8 Å². The summed E-state index contributed by atoms with van der Waals surface area (Å²) in [6.07, 6.45) is 5.64. The first-order valence-electron chi connectivity index (χ1n) is 5.31. The molecular formula is C13H14O2S. The van der Waals surface area contributed by atoms with Crippen LogP contribution >= 0.6 is 0 Å². The van der Waals surface area contributed by atoms with Crippen molar-refractivity contribution in [1.29, 1.82) is 0 Å². The van der Waals surface area contributed by atoms with Crippen molar-refractivity contribution in [1.82, 2.24) is 0 Å². The van der Waals surface area contributed by atoms with Gasteiger partial charge in [-0.1, -0.05) is 18.2 Å². The Morgan fingerprint density at radius 2 is 2.06 bits per heavy atom. The number of hydrogen-bond acceptors (Lipinski definition) is 2. The predicted molar refractivity (Wildman–Crippen MR) is 65.6 cm³/mol. The van der Waals surface area contributed by atoms with E-state index >= 15 is 0 Å². The highest BCUT2D eigenvalue weighted by Gasteiger charge is 2.12. The minimum absolute atomic E-state index is 0.305. The predicted octanol–water partition coefficient (Wildman–Crippen LogP) is 2.56. The highest BCUT2D eigenvalue weighted by molar-refractivity contribution is 7.84. The minimum Gasteiger partial charge on any atom is -0.299 e. The summed E-state index contributed by atoms with van der Waals surface area (Å²) in [6.45, 7) is 0. The van der Waals surface area contributed by atoms with Crippen LogP contribution in [0.2, 0.25) is 0 Å². The molecule has 0 heterocycles. The average Bonchev–Trinajstić information content (AvgIpc) is 2.30. The van der Waals surface area contributed by atoms with Gasteiger partial charge in [0.15, 0.2) is 0 Å². The van der Waals surface area contributed by atoms with E-state index in [0.717, 1.165) is 16.9 Å². The van der Waals surface area contributed by atoms with Crippen LogP contribution in [0.5, 0.6) is 0 Å². The van der Waals surface area contributed by atoms with E-state index < -0.39 is 10.8 Å². The third-order valence-corrected chi connectivity index (χ3v) is 3.70. The van der Waals surface area contributed by atoms with E-state index in [0.29, 0.717) is 18.6 Å². The number of rotatable bonds is 2. The van der Waals surface area contributed by atoms with Crippen molar-refractivity contribution in [2.45, 2.75) is 24.2 Å². The van der Waals surface area contributed by atoms with E-state index in [1.807, 2.05) is 30.3 Å². The Balaban J connectivity index is 2.30. The molecule has 2 nitrogen and oxygen atoms in total. The van der Waals surface area contributed by atoms with Crippen LogP contribution in [-0.2, 0) is 15.6 Å². The van der Waals surface area contributed by atoms with Crippen molar-refractivity contribution in [3.8, 4) is 0 Å². The zero-order valence-corrected chi connectivity index (χ0v) is 10.0. The monoisotopic (exact) mass is 234 g/mol. The number of ketones is 1. The van der Waals surface area contributed by atoms with Crippen LogP contribution in [0, 0.1) is 0 Å². The van der Waals surface area contributed by atoms with Gasteiger partial charge in [-0.2, -0.15) is 0 Å². The third kappa shape index (κ3) is 2.47. The molecule has 2 rings (SSSR count). The quantitative estimate of drug-likeness (QED) is 0.788. The van der Waals surface area contributed by atoms with Crippen molar-refractivity contribution in [3.63, 3.8) is 0 Å². The fourth-order valence-corrected chi connectivity index (χ4v) is 2.42. The number of allylic oxidation sites excluding steroid dienone is 2. The lowest BCUT2D eigenvalue weighted by atomic mass is 9.93. The van der Waals surface area contributed by atoms with E-state index in [9.17, 15) is 9.00 Å². The second-order valence-corrected chi connectivity index (χ2v) is 5.33. The molecule has 16 heavy (non-hydrogen) atoms. The van der Waals surface area contributed by atoms with Crippen molar-refractivity contribution in [2.75, 3.05) is 6.26 Å². The lowest BCUT2D eigenvalue weighted by molar-refractivity contribution is -0.118. The molecule has 1 atom stereocenters. The first kappa shape index (κ1) is 11.3. The zero-order valence-electron chi connectivity index (χ0n) is 9.23. The van der Waals surface area contributed by atoms with E-state index in [1.54, 1.807) is 6.26 Å². The molecule has 84 valence electrons. The van der Waals surface area contributed by atoms with Gasteiger partial charge in [0.25, 0.3) is 0 Å². The summed E-state index contributed by atoms with van der Waals surface area (Å²) in [5, 5.41) is 0. The SMILES string of the molecule is CS(=O)c1cccc(C2=CCC(=O)CC2)c1. The Bertz CT molecular complexity index is 475. The number of carbonyl (C=O) groups excluding carboxylic acids is 1. The first-order chi connectivity index (χ1) is 7.66.